The van der Waals surface area contributed by atoms with Gasteiger partial charge in [0.25, 0.3) is 0 Å². The molecule has 0 aliphatic heterocycles. The van der Waals surface area contributed by atoms with Crippen LogP contribution in [0.4, 0.5) is 23.0 Å². The molecule has 7 heteroatoms. The van der Waals surface area contributed by atoms with Crippen molar-refractivity contribution >= 4 is 40.0 Å². The number of nitrogens with zero attached hydrogens (tertiary/aromatic N) is 2. The Morgan fingerprint density at radius 2 is 1.68 bits per heavy atom. The van der Waals surface area contributed by atoms with E-state index in [1.807, 2.05) is 55.6 Å². The average Bonchev–Trinajstić information content (AvgIpc) is 2.62. The third-order valence-electron chi connectivity index (χ3n) is 3.63. The second-order valence-electron chi connectivity index (χ2n) is 5.55. The summed E-state index contributed by atoms with van der Waals surface area (Å²) in [5, 5.41) is 8.94. The quantitative estimate of drug-likeness (QED) is 0.550. The van der Waals surface area contributed by atoms with E-state index >= 15 is 0 Å². The Hall–Kier alpha value is -3.19. The molecule has 25 heavy (non-hydrogen) atoms. The SMILES string of the molecule is CNCCC(=O)Nc1ccc(Nc2nc3ccccc3nc2N)cc1.[HH].[HH]. The van der Waals surface area contributed by atoms with Crippen LogP contribution in [0, 0.1) is 0 Å². The minimum atomic E-state index is -0.0281. The Balaban J connectivity index is 0.00000182. The number of amides is 1. The van der Waals surface area contributed by atoms with Gasteiger partial charge in [0.15, 0.2) is 11.6 Å². The van der Waals surface area contributed by atoms with Crippen LogP contribution in [0.3, 0.4) is 0 Å². The van der Waals surface area contributed by atoms with Gasteiger partial charge in [0.1, 0.15) is 0 Å². The second-order valence-corrected chi connectivity index (χ2v) is 5.55. The minimum Gasteiger partial charge on any atom is -0.381 e. The van der Waals surface area contributed by atoms with Gasteiger partial charge in [-0.1, -0.05) is 12.1 Å². The third kappa shape index (κ3) is 4.21. The molecule has 1 heterocycles. The maximum atomic E-state index is 11.7. The lowest BCUT2D eigenvalue weighted by Gasteiger charge is -2.10. The van der Waals surface area contributed by atoms with E-state index in [4.69, 9.17) is 5.73 Å². The first-order valence-corrected chi connectivity index (χ1v) is 7.99. The summed E-state index contributed by atoms with van der Waals surface area (Å²) >= 11 is 0. The molecule has 0 saturated heterocycles. The number of carbonyl (C=O) groups excluding carboxylic acids is 1. The van der Waals surface area contributed by atoms with Crippen molar-refractivity contribution in [3.05, 3.63) is 48.5 Å². The Bertz CT molecular complexity index is 889. The van der Waals surface area contributed by atoms with Crippen LogP contribution in [0.15, 0.2) is 48.5 Å². The Morgan fingerprint density at radius 3 is 2.36 bits per heavy atom. The predicted octanol–water partition coefficient (Wildman–Crippen LogP) is 3.00. The van der Waals surface area contributed by atoms with Gasteiger partial charge in [-0.2, -0.15) is 0 Å². The van der Waals surface area contributed by atoms with Crippen LogP contribution in [-0.4, -0.2) is 29.5 Å². The summed E-state index contributed by atoms with van der Waals surface area (Å²) in [6.45, 7) is 0.644. The van der Waals surface area contributed by atoms with Gasteiger partial charge in [0.2, 0.25) is 5.91 Å². The molecule has 2 aromatic carbocycles. The topological polar surface area (TPSA) is 105 Å². The number of hydrogen-bond donors (Lipinski definition) is 4. The van der Waals surface area contributed by atoms with E-state index in [2.05, 4.69) is 25.9 Å². The number of carbonyl (C=O) groups is 1. The monoisotopic (exact) mass is 340 g/mol. The van der Waals surface area contributed by atoms with Gasteiger partial charge in [-0.3, -0.25) is 4.79 Å². The normalized spacial score (nSPS) is 10.6. The fraction of sp³-hybridized carbons (Fsp3) is 0.167. The number of hydrogen-bond acceptors (Lipinski definition) is 6. The van der Waals surface area contributed by atoms with E-state index in [1.54, 1.807) is 0 Å². The molecule has 0 aliphatic carbocycles. The molecule has 0 fully saturated rings. The average molecular weight is 340 g/mol. The molecule has 0 saturated carbocycles. The summed E-state index contributed by atoms with van der Waals surface area (Å²) in [6.07, 6.45) is 0.430. The van der Waals surface area contributed by atoms with Crippen LogP contribution in [0.2, 0.25) is 0 Å². The number of rotatable bonds is 6. The first-order valence-electron chi connectivity index (χ1n) is 7.99. The summed E-state index contributed by atoms with van der Waals surface area (Å²) in [7, 11) is 1.81. The maximum Gasteiger partial charge on any atom is 0.225 e. The first kappa shape index (κ1) is 16.7. The standard InChI is InChI=1S/C18H20N6O.2H2/c1-20-11-10-16(25)21-12-6-8-13(9-7-12)22-18-17(19)23-14-4-2-3-5-15(14)24-18;;/h2-9,20H,10-11H2,1H3,(H2,19,23)(H,21,25)(H,22,24);2*1H. The van der Waals surface area contributed by atoms with Crippen molar-refractivity contribution in [2.75, 3.05) is 30.0 Å². The van der Waals surface area contributed by atoms with Gasteiger partial charge in [0.05, 0.1) is 11.0 Å². The highest BCUT2D eigenvalue weighted by atomic mass is 16.1. The zero-order valence-electron chi connectivity index (χ0n) is 13.9. The van der Waals surface area contributed by atoms with Crippen molar-refractivity contribution in [3.8, 4) is 0 Å². The Morgan fingerprint density at radius 1 is 1.04 bits per heavy atom. The molecule has 3 aromatic rings. The summed E-state index contributed by atoms with van der Waals surface area (Å²) in [5.74, 6) is 0.812. The van der Waals surface area contributed by atoms with Crippen molar-refractivity contribution in [1.82, 2.24) is 15.3 Å². The Kier molecular flexibility index (Phi) is 5.06. The van der Waals surface area contributed by atoms with Crippen LogP contribution in [0.5, 0.6) is 0 Å². The number of fused-ring (bicyclic) bond motifs is 1. The first-order chi connectivity index (χ1) is 12.2. The van der Waals surface area contributed by atoms with Crippen molar-refractivity contribution in [2.45, 2.75) is 6.42 Å². The minimum absolute atomic E-state index is 0. The van der Waals surface area contributed by atoms with Crippen LogP contribution in [0.25, 0.3) is 11.0 Å². The molecule has 1 aromatic heterocycles. The van der Waals surface area contributed by atoms with Crippen LogP contribution >= 0.6 is 0 Å². The number of nitrogen functional groups attached to an aromatic ring is 1. The van der Waals surface area contributed by atoms with Crippen molar-refractivity contribution in [2.24, 2.45) is 0 Å². The van der Waals surface area contributed by atoms with E-state index in [9.17, 15) is 4.79 Å². The molecular weight excluding hydrogens is 316 g/mol. The van der Waals surface area contributed by atoms with Crippen LogP contribution < -0.4 is 21.7 Å². The van der Waals surface area contributed by atoms with Crippen LogP contribution in [-0.2, 0) is 4.79 Å². The van der Waals surface area contributed by atoms with Crippen LogP contribution in [0.1, 0.15) is 9.27 Å². The lowest BCUT2D eigenvalue weighted by Crippen LogP contribution is -2.18. The molecule has 0 radical (unpaired) electrons. The smallest absolute Gasteiger partial charge is 0.225 e. The zero-order valence-corrected chi connectivity index (χ0v) is 13.9. The van der Waals surface area contributed by atoms with Gasteiger partial charge in [0, 0.05) is 27.2 Å². The van der Waals surface area contributed by atoms with E-state index < -0.39 is 0 Å². The fourth-order valence-electron chi connectivity index (χ4n) is 2.34. The number of anilines is 4. The molecule has 0 spiro atoms. The third-order valence-corrected chi connectivity index (χ3v) is 3.63. The van der Waals surface area contributed by atoms with E-state index in [0.29, 0.717) is 24.6 Å². The van der Waals surface area contributed by atoms with Gasteiger partial charge >= 0.3 is 0 Å². The molecule has 0 aliphatic rings. The molecule has 0 unspecified atom stereocenters. The number of nitrogens with two attached hydrogens (primary N) is 1. The second kappa shape index (κ2) is 7.59. The number of nitrogens with one attached hydrogen (secondary N) is 3. The van der Waals surface area contributed by atoms with Gasteiger partial charge in [-0.15, -0.1) is 0 Å². The molecule has 132 valence electrons. The summed E-state index contributed by atoms with van der Waals surface area (Å²) < 4.78 is 0. The Labute approximate surface area is 148 Å². The fourth-order valence-corrected chi connectivity index (χ4v) is 2.34. The number of benzene rings is 2. The molecular formula is C18H24N6O. The lowest BCUT2D eigenvalue weighted by atomic mass is 10.2. The van der Waals surface area contributed by atoms with Gasteiger partial charge in [-0.25, -0.2) is 9.97 Å². The summed E-state index contributed by atoms with van der Waals surface area (Å²) in [4.78, 5) is 20.6. The van der Waals surface area contributed by atoms with Crippen molar-refractivity contribution in [3.63, 3.8) is 0 Å². The zero-order chi connectivity index (χ0) is 17.6. The highest BCUT2D eigenvalue weighted by Crippen LogP contribution is 2.23. The lowest BCUT2D eigenvalue weighted by molar-refractivity contribution is -0.116. The number of para-hydroxylation sites is 2. The number of aromatic nitrogens is 2. The largest absolute Gasteiger partial charge is 0.381 e. The van der Waals surface area contributed by atoms with E-state index in [0.717, 1.165) is 22.4 Å². The summed E-state index contributed by atoms with van der Waals surface area (Å²) in [6, 6.07) is 14.9. The van der Waals surface area contributed by atoms with Crippen molar-refractivity contribution in [1.29, 1.82) is 0 Å². The molecule has 5 N–H and O–H groups in total. The van der Waals surface area contributed by atoms with E-state index in [-0.39, 0.29) is 8.76 Å². The predicted molar refractivity (Wildman–Crippen MR) is 105 cm³/mol. The molecule has 1 amide bonds. The molecule has 0 atom stereocenters. The highest BCUT2D eigenvalue weighted by molar-refractivity contribution is 5.91. The van der Waals surface area contributed by atoms with Gasteiger partial charge in [-0.05, 0) is 43.4 Å². The highest BCUT2D eigenvalue weighted by Gasteiger charge is 2.07. The van der Waals surface area contributed by atoms with Gasteiger partial charge < -0.3 is 21.7 Å². The summed E-state index contributed by atoms with van der Waals surface area (Å²) in [5.41, 5.74) is 9.05. The maximum absolute atomic E-state index is 11.7. The molecule has 7 nitrogen and oxygen atoms in total. The molecule has 3 rings (SSSR count). The van der Waals surface area contributed by atoms with E-state index in [1.165, 1.54) is 0 Å². The van der Waals surface area contributed by atoms with Crippen molar-refractivity contribution < 1.29 is 7.65 Å². The molecule has 0 bridgehead atoms.